The number of carbonyl (C=O) groups is 1. The van der Waals surface area contributed by atoms with E-state index in [-0.39, 0.29) is 5.78 Å². The van der Waals surface area contributed by atoms with Crippen molar-refractivity contribution in [3.63, 3.8) is 0 Å². The lowest BCUT2D eigenvalue weighted by Crippen LogP contribution is -2.43. The molecule has 1 N–H and O–H groups in total. The smallest absolute Gasteiger partial charge is 0.210 e. The van der Waals surface area contributed by atoms with Gasteiger partial charge in [0.15, 0.2) is 5.69 Å². The van der Waals surface area contributed by atoms with Gasteiger partial charge in [0.25, 0.3) is 0 Å². The molecule has 1 aromatic rings. The van der Waals surface area contributed by atoms with Gasteiger partial charge in [-0.25, -0.2) is 4.68 Å². The zero-order valence-electron chi connectivity index (χ0n) is 8.03. The molecule has 74 valence electrons. The van der Waals surface area contributed by atoms with Crippen LogP contribution in [0.5, 0.6) is 0 Å². The Labute approximate surface area is 81.8 Å². The van der Waals surface area contributed by atoms with Crippen LogP contribution in [-0.4, -0.2) is 33.9 Å². The Balaban J connectivity index is 2.16. The van der Waals surface area contributed by atoms with E-state index in [0.717, 1.165) is 13.1 Å². The lowest BCUT2D eigenvalue weighted by Gasteiger charge is -2.26. The molecule has 0 spiro atoms. The predicted molar refractivity (Wildman–Crippen MR) is 51.1 cm³/mol. The van der Waals surface area contributed by atoms with Gasteiger partial charge in [-0.05, 0) is 12.5 Å². The van der Waals surface area contributed by atoms with Crippen LogP contribution in [0.1, 0.15) is 23.5 Å². The third-order valence-corrected chi connectivity index (χ3v) is 2.26. The summed E-state index contributed by atoms with van der Waals surface area (Å²) in [7, 11) is 0. The van der Waals surface area contributed by atoms with Crippen molar-refractivity contribution in [2.75, 3.05) is 13.1 Å². The molecule has 1 aliphatic rings. The summed E-state index contributed by atoms with van der Waals surface area (Å²) in [5, 5.41) is 10.9. The van der Waals surface area contributed by atoms with E-state index in [1.807, 2.05) is 0 Å². The van der Waals surface area contributed by atoms with E-state index in [0.29, 0.717) is 17.3 Å². The number of nitrogens with zero attached hydrogens (tertiary/aromatic N) is 3. The van der Waals surface area contributed by atoms with Crippen LogP contribution in [0.2, 0.25) is 0 Å². The summed E-state index contributed by atoms with van der Waals surface area (Å²) >= 11 is 0. The molecule has 0 atom stereocenters. The molecule has 5 heteroatoms. The number of aromatic nitrogens is 3. The maximum atomic E-state index is 11.5. The fraction of sp³-hybridized carbons (Fsp3) is 0.444. The SMILES string of the molecule is C=C(C)C(=O)c1cn(C2CNC2)nn1. The lowest BCUT2D eigenvalue weighted by molar-refractivity contribution is 0.103. The molecule has 1 aliphatic heterocycles. The van der Waals surface area contributed by atoms with Crippen LogP contribution in [0, 0.1) is 0 Å². The Kier molecular flexibility index (Phi) is 2.17. The monoisotopic (exact) mass is 192 g/mol. The number of allylic oxidation sites excluding steroid dienone is 1. The van der Waals surface area contributed by atoms with Crippen molar-refractivity contribution in [3.05, 3.63) is 24.0 Å². The van der Waals surface area contributed by atoms with Crippen LogP contribution in [-0.2, 0) is 0 Å². The minimum Gasteiger partial charge on any atom is -0.312 e. The van der Waals surface area contributed by atoms with Crippen LogP contribution < -0.4 is 5.32 Å². The first-order valence-electron chi connectivity index (χ1n) is 4.51. The van der Waals surface area contributed by atoms with E-state index < -0.39 is 0 Å². The van der Waals surface area contributed by atoms with Crippen molar-refractivity contribution >= 4 is 5.78 Å². The van der Waals surface area contributed by atoms with Gasteiger partial charge in [-0.1, -0.05) is 11.8 Å². The summed E-state index contributed by atoms with van der Waals surface area (Å²) in [4.78, 5) is 11.5. The Hall–Kier alpha value is -1.49. The molecule has 0 unspecified atom stereocenters. The number of hydrogen-bond donors (Lipinski definition) is 1. The second kappa shape index (κ2) is 3.34. The molecule has 1 fully saturated rings. The molecule has 0 aromatic carbocycles. The predicted octanol–water partition coefficient (Wildman–Crippen LogP) is 0.181. The Morgan fingerprint density at radius 2 is 2.43 bits per heavy atom. The van der Waals surface area contributed by atoms with Crippen LogP contribution >= 0.6 is 0 Å². The Morgan fingerprint density at radius 1 is 1.71 bits per heavy atom. The quantitative estimate of drug-likeness (QED) is 0.548. The van der Waals surface area contributed by atoms with Crippen LogP contribution in [0.15, 0.2) is 18.3 Å². The molecule has 1 aromatic heterocycles. The van der Waals surface area contributed by atoms with Crippen LogP contribution in [0.3, 0.4) is 0 Å². The first kappa shape index (κ1) is 9.08. The minimum absolute atomic E-state index is 0.136. The van der Waals surface area contributed by atoms with Gasteiger partial charge in [0, 0.05) is 13.1 Å². The summed E-state index contributed by atoms with van der Waals surface area (Å²) in [6, 6.07) is 0.342. The average molecular weight is 192 g/mol. The van der Waals surface area contributed by atoms with Crippen molar-refractivity contribution in [1.29, 1.82) is 0 Å². The van der Waals surface area contributed by atoms with E-state index >= 15 is 0 Å². The maximum Gasteiger partial charge on any atom is 0.210 e. The van der Waals surface area contributed by atoms with Crippen molar-refractivity contribution < 1.29 is 4.79 Å². The van der Waals surface area contributed by atoms with E-state index in [1.54, 1.807) is 17.8 Å². The topological polar surface area (TPSA) is 59.8 Å². The molecule has 2 heterocycles. The largest absolute Gasteiger partial charge is 0.312 e. The third kappa shape index (κ3) is 1.46. The zero-order chi connectivity index (χ0) is 10.1. The Bertz CT molecular complexity index is 378. The summed E-state index contributed by atoms with van der Waals surface area (Å²) in [6.45, 7) is 7.04. The maximum absolute atomic E-state index is 11.5. The highest BCUT2D eigenvalue weighted by atomic mass is 16.1. The molecule has 14 heavy (non-hydrogen) atoms. The zero-order valence-corrected chi connectivity index (χ0v) is 8.03. The minimum atomic E-state index is -0.136. The van der Waals surface area contributed by atoms with Gasteiger partial charge in [-0.3, -0.25) is 4.79 Å². The molecule has 0 bridgehead atoms. The number of hydrogen-bond acceptors (Lipinski definition) is 4. The van der Waals surface area contributed by atoms with Crippen molar-refractivity contribution in [3.8, 4) is 0 Å². The molecule has 5 nitrogen and oxygen atoms in total. The highest BCUT2D eigenvalue weighted by Gasteiger charge is 2.21. The van der Waals surface area contributed by atoms with Crippen molar-refractivity contribution in [1.82, 2.24) is 20.3 Å². The fourth-order valence-electron chi connectivity index (χ4n) is 1.24. The second-order valence-electron chi connectivity index (χ2n) is 3.51. The third-order valence-electron chi connectivity index (χ3n) is 2.26. The van der Waals surface area contributed by atoms with E-state index in [2.05, 4.69) is 22.2 Å². The molecule has 0 aliphatic carbocycles. The highest BCUT2D eigenvalue weighted by molar-refractivity contribution is 6.06. The first-order chi connectivity index (χ1) is 6.68. The number of nitrogens with one attached hydrogen (secondary N) is 1. The molecular formula is C9H12N4O. The molecule has 2 rings (SSSR count). The summed E-state index contributed by atoms with van der Waals surface area (Å²) in [5.41, 5.74) is 0.869. The molecule has 0 radical (unpaired) electrons. The van der Waals surface area contributed by atoms with Gasteiger partial charge in [0.1, 0.15) is 0 Å². The molecule has 1 saturated heterocycles. The van der Waals surface area contributed by atoms with Gasteiger partial charge >= 0.3 is 0 Å². The van der Waals surface area contributed by atoms with E-state index in [9.17, 15) is 4.79 Å². The molecular weight excluding hydrogens is 180 g/mol. The lowest BCUT2D eigenvalue weighted by atomic mass is 10.1. The fourth-order valence-corrected chi connectivity index (χ4v) is 1.24. The van der Waals surface area contributed by atoms with Gasteiger partial charge in [-0.15, -0.1) is 5.10 Å². The number of Topliss-reactive ketones (excluding diaryl/α,β-unsaturated/α-hetero) is 1. The Morgan fingerprint density at radius 3 is 2.93 bits per heavy atom. The summed E-state index contributed by atoms with van der Waals surface area (Å²) in [6.07, 6.45) is 1.68. The standard InChI is InChI=1S/C9H12N4O/c1-6(2)9(14)8-5-13(12-11-8)7-3-10-4-7/h5,7,10H,1,3-4H2,2H3. The van der Waals surface area contributed by atoms with Gasteiger partial charge in [0.05, 0.1) is 12.2 Å². The van der Waals surface area contributed by atoms with Crippen LogP contribution in [0.4, 0.5) is 0 Å². The van der Waals surface area contributed by atoms with Crippen LogP contribution in [0.25, 0.3) is 0 Å². The summed E-state index contributed by atoms with van der Waals surface area (Å²) in [5.74, 6) is -0.136. The highest BCUT2D eigenvalue weighted by Crippen LogP contribution is 2.11. The van der Waals surface area contributed by atoms with Gasteiger partial charge in [-0.2, -0.15) is 0 Å². The van der Waals surface area contributed by atoms with E-state index in [4.69, 9.17) is 0 Å². The van der Waals surface area contributed by atoms with E-state index in [1.165, 1.54) is 0 Å². The molecule has 0 amide bonds. The van der Waals surface area contributed by atoms with Gasteiger partial charge < -0.3 is 5.32 Å². The average Bonchev–Trinajstić information content (AvgIpc) is 2.48. The number of carbonyl (C=O) groups excluding carboxylic acids is 1. The first-order valence-corrected chi connectivity index (χ1v) is 4.51. The van der Waals surface area contributed by atoms with Crippen molar-refractivity contribution in [2.24, 2.45) is 0 Å². The number of ketones is 1. The number of rotatable bonds is 3. The second-order valence-corrected chi connectivity index (χ2v) is 3.51. The summed E-state index contributed by atoms with van der Waals surface area (Å²) < 4.78 is 1.73. The van der Waals surface area contributed by atoms with Gasteiger partial charge in [0.2, 0.25) is 5.78 Å². The molecule has 0 saturated carbocycles. The normalized spacial score (nSPS) is 16.4. The van der Waals surface area contributed by atoms with Crippen molar-refractivity contribution in [2.45, 2.75) is 13.0 Å².